The van der Waals surface area contributed by atoms with E-state index in [1.54, 1.807) is 5.06 Å². The lowest BCUT2D eigenvalue weighted by molar-refractivity contribution is -0.136. The van der Waals surface area contributed by atoms with Crippen molar-refractivity contribution < 1.29 is 14.4 Å². The Morgan fingerprint density at radius 2 is 1.94 bits per heavy atom. The molecule has 0 aromatic carbocycles. The first-order chi connectivity index (χ1) is 7.72. The molecule has 1 heterocycles. The molecular formula is C12H20N2O3. The third-order valence-electron chi connectivity index (χ3n) is 3.31. The first kappa shape index (κ1) is 13.5. The van der Waals surface area contributed by atoms with Crippen LogP contribution in [-0.4, -0.2) is 35.1 Å². The number of nitrogens with zero attached hydrogens (tertiary/aromatic N) is 2. The molecule has 0 atom stereocenters. The van der Waals surface area contributed by atoms with Gasteiger partial charge < -0.3 is 9.57 Å². The molecule has 0 aromatic heterocycles. The van der Waals surface area contributed by atoms with Gasteiger partial charge in [-0.2, -0.15) is 5.06 Å². The van der Waals surface area contributed by atoms with Gasteiger partial charge in [0.15, 0.2) is 0 Å². The Hall–Kier alpha value is -1.52. The molecule has 0 N–H and O–H groups in total. The molecule has 0 radical (unpaired) electrons. The number of esters is 1. The molecule has 1 rings (SSSR count). The summed E-state index contributed by atoms with van der Waals surface area (Å²) in [6.07, 6.45) is 2.54. The summed E-state index contributed by atoms with van der Waals surface area (Å²) in [6, 6.07) is 0. The highest BCUT2D eigenvalue weighted by Crippen LogP contribution is 2.37. The molecule has 0 spiro atoms. The normalized spacial score (nSPS) is 21.5. The molecule has 17 heavy (non-hydrogen) atoms. The summed E-state index contributed by atoms with van der Waals surface area (Å²) in [5.74, 6) is 0.338. The summed E-state index contributed by atoms with van der Waals surface area (Å²) < 4.78 is 4.48. The first-order valence-corrected chi connectivity index (χ1v) is 5.50. The zero-order valence-electron chi connectivity index (χ0n) is 11.3. The van der Waals surface area contributed by atoms with E-state index in [1.165, 1.54) is 19.4 Å². The zero-order valence-corrected chi connectivity index (χ0v) is 11.3. The average molecular weight is 240 g/mol. The van der Waals surface area contributed by atoms with Crippen molar-refractivity contribution in [3.8, 4) is 0 Å². The van der Waals surface area contributed by atoms with Crippen LogP contribution in [0, 0.1) is 0 Å². The minimum Gasteiger partial charge on any atom is -0.466 e. The lowest BCUT2D eigenvalue weighted by Gasteiger charge is -2.38. The number of hydrogen-bond donors (Lipinski definition) is 0. The largest absolute Gasteiger partial charge is 0.466 e. The number of aliphatic imine (C=N–C) groups is 1. The van der Waals surface area contributed by atoms with Gasteiger partial charge in [0, 0.05) is 0 Å². The van der Waals surface area contributed by atoms with E-state index in [4.69, 9.17) is 4.84 Å². The topological polar surface area (TPSA) is 51.1 Å². The second-order valence-corrected chi connectivity index (χ2v) is 5.00. The van der Waals surface area contributed by atoms with Crippen LogP contribution in [0.3, 0.4) is 0 Å². The van der Waals surface area contributed by atoms with E-state index in [-0.39, 0.29) is 11.1 Å². The zero-order chi connectivity index (χ0) is 13.3. The number of rotatable bonds is 3. The molecule has 96 valence electrons. The number of methoxy groups -OCH3 is 1. The van der Waals surface area contributed by atoms with Gasteiger partial charge in [0.2, 0.25) is 0 Å². The maximum Gasteiger partial charge on any atom is 0.333 e. The van der Waals surface area contributed by atoms with Crippen molar-refractivity contribution in [3.63, 3.8) is 0 Å². The van der Waals surface area contributed by atoms with Crippen molar-refractivity contribution in [2.45, 2.75) is 45.7 Å². The quantitative estimate of drug-likeness (QED) is 0.429. The van der Waals surface area contributed by atoms with Crippen LogP contribution in [0.4, 0.5) is 0 Å². The van der Waals surface area contributed by atoms with Gasteiger partial charge in [-0.05, 0) is 34.6 Å². The van der Waals surface area contributed by atoms with E-state index in [1.807, 2.05) is 34.6 Å². The third kappa shape index (κ3) is 2.43. The van der Waals surface area contributed by atoms with E-state index < -0.39 is 5.97 Å². The average Bonchev–Trinajstić information content (AvgIpc) is 2.36. The second-order valence-electron chi connectivity index (χ2n) is 5.00. The number of carbonyl (C=O) groups excluding carboxylic acids is 1. The van der Waals surface area contributed by atoms with E-state index in [0.717, 1.165) is 5.84 Å². The molecule has 0 saturated heterocycles. The maximum absolute atomic E-state index is 10.9. The highest BCUT2D eigenvalue weighted by molar-refractivity contribution is 5.83. The molecule has 1 aliphatic rings. The fourth-order valence-corrected chi connectivity index (χ4v) is 1.66. The van der Waals surface area contributed by atoms with Crippen molar-refractivity contribution >= 4 is 11.8 Å². The fraction of sp³-hybridized carbons (Fsp3) is 0.667. The molecule has 0 aromatic rings. The highest BCUT2D eigenvalue weighted by Gasteiger charge is 2.49. The molecule has 0 bridgehead atoms. The van der Waals surface area contributed by atoms with Crippen LogP contribution in [-0.2, 0) is 14.4 Å². The number of hydroxylamine groups is 2. The standard InChI is InChI=1S/C12H20N2O3/c1-9-13-11(2,3)12(4,5)14(9)17-8-7-10(15)16-6/h7-8H,1-6H3/b8-7-. The smallest absolute Gasteiger partial charge is 0.333 e. The van der Waals surface area contributed by atoms with Crippen LogP contribution in [0.5, 0.6) is 0 Å². The van der Waals surface area contributed by atoms with Gasteiger partial charge in [-0.3, -0.25) is 4.99 Å². The van der Waals surface area contributed by atoms with Crippen molar-refractivity contribution in [1.82, 2.24) is 5.06 Å². The molecule has 0 saturated carbocycles. The Morgan fingerprint density at radius 3 is 2.35 bits per heavy atom. The van der Waals surface area contributed by atoms with Gasteiger partial charge in [0.25, 0.3) is 0 Å². The van der Waals surface area contributed by atoms with Crippen molar-refractivity contribution in [3.05, 3.63) is 12.3 Å². The maximum atomic E-state index is 10.9. The summed E-state index contributed by atoms with van der Waals surface area (Å²) >= 11 is 0. The Balaban J connectivity index is 2.76. The van der Waals surface area contributed by atoms with Gasteiger partial charge in [-0.1, -0.05) is 0 Å². The van der Waals surface area contributed by atoms with E-state index in [2.05, 4.69) is 9.73 Å². The summed E-state index contributed by atoms with van der Waals surface area (Å²) in [5.41, 5.74) is -0.520. The monoisotopic (exact) mass is 240 g/mol. The van der Waals surface area contributed by atoms with Crippen molar-refractivity contribution in [2.75, 3.05) is 7.11 Å². The molecule has 0 amide bonds. The Kier molecular flexibility index (Phi) is 3.50. The summed E-state index contributed by atoms with van der Waals surface area (Å²) in [4.78, 5) is 20.9. The van der Waals surface area contributed by atoms with Crippen LogP contribution in [0.15, 0.2) is 17.3 Å². The van der Waals surface area contributed by atoms with Crippen LogP contribution >= 0.6 is 0 Å². The van der Waals surface area contributed by atoms with Crippen molar-refractivity contribution in [2.24, 2.45) is 4.99 Å². The van der Waals surface area contributed by atoms with Gasteiger partial charge >= 0.3 is 5.97 Å². The number of amidine groups is 1. The molecule has 0 unspecified atom stereocenters. The molecule has 1 aliphatic heterocycles. The minimum absolute atomic E-state index is 0.240. The Labute approximate surface area is 102 Å². The van der Waals surface area contributed by atoms with E-state index >= 15 is 0 Å². The number of ether oxygens (including phenoxy) is 1. The predicted octanol–water partition coefficient (Wildman–Crippen LogP) is 1.90. The first-order valence-electron chi connectivity index (χ1n) is 5.50. The summed E-state index contributed by atoms with van der Waals surface area (Å²) in [7, 11) is 1.32. The van der Waals surface area contributed by atoms with Gasteiger partial charge in [-0.25, -0.2) is 4.79 Å². The predicted molar refractivity (Wildman–Crippen MR) is 65.3 cm³/mol. The summed E-state index contributed by atoms with van der Waals surface area (Å²) in [5, 5.41) is 1.70. The highest BCUT2D eigenvalue weighted by atomic mass is 16.7. The minimum atomic E-state index is -0.448. The van der Waals surface area contributed by atoms with Gasteiger partial charge in [0.05, 0.1) is 24.3 Å². The van der Waals surface area contributed by atoms with Gasteiger partial charge in [-0.15, -0.1) is 0 Å². The van der Waals surface area contributed by atoms with Crippen LogP contribution in [0.1, 0.15) is 34.6 Å². The lowest BCUT2D eigenvalue weighted by Crippen LogP contribution is -2.51. The molecular weight excluding hydrogens is 220 g/mol. The van der Waals surface area contributed by atoms with Crippen LogP contribution < -0.4 is 0 Å². The van der Waals surface area contributed by atoms with Crippen LogP contribution in [0.25, 0.3) is 0 Å². The second kappa shape index (κ2) is 4.39. The van der Waals surface area contributed by atoms with Crippen molar-refractivity contribution in [1.29, 1.82) is 0 Å². The molecule has 5 heteroatoms. The third-order valence-corrected chi connectivity index (χ3v) is 3.31. The molecule has 0 fully saturated rings. The van der Waals surface area contributed by atoms with Gasteiger partial charge in [0.1, 0.15) is 12.1 Å². The number of carbonyl (C=O) groups is 1. The Bertz CT molecular complexity index is 370. The lowest BCUT2D eigenvalue weighted by atomic mass is 9.84. The van der Waals surface area contributed by atoms with E-state index in [0.29, 0.717) is 0 Å². The SMILES string of the molecule is COC(=O)/C=C\ON1C(C)=NC(C)(C)C1(C)C. The molecule has 5 nitrogen and oxygen atoms in total. The van der Waals surface area contributed by atoms with Crippen LogP contribution in [0.2, 0.25) is 0 Å². The summed E-state index contributed by atoms with van der Waals surface area (Å²) in [6.45, 7) is 10.0. The fourth-order valence-electron chi connectivity index (χ4n) is 1.66. The Morgan fingerprint density at radius 1 is 1.35 bits per heavy atom. The van der Waals surface area contributed by atoms with E-state index in [9.17, 15) is 4.79 Å². The molecule has 0 aliphatic carbocycles. The number of hydrogen-bond acceptors (Lipinski definition) is 5.